The lowest BCUT2D eigenvalue weighted by molar-refractivity contribution is 0.115. The number of aryl methyl sites for hydroxylation is 2. The summed E-state index contributed by atoms with van der Waals surface area (Å²) >= 11 is 0. The highest BCUT2D eigenvalue weighted by molar-refractivity contribution is 5.23. The Morgan fingerprint density at radius 2 is 1.45 bits per heavy atom. The van der Waals surface area contributed by atoms with E-state index in [2.05, 4.69) is 31.2 Å². The fourth-order valence-electron chi connectivity index (χ4n) is 2.23. The summed E-state index contributed by atoms with van der Waals surface area (Å²) in [5, 5.41) is 18.3. The summed E-state index contributed by atoms with van der Waals surface area (Å²) < 4.78 is 0. The van der Waals surface area contributed by atoms with Gasteiger partial charge in [-0.15, -0.1) is 0 Å². The molecule has 0 unspecified atom stereocenters. The van der Waals surface area contributed by atoms with Crippen LogP contribution in [0.5, 0.6) is 0 Å². The average molecular weight is 279 g/mol. The lowest BCUT2D eigenvalue weighted by atomic mass is 9.93. The summed E-state index contributed by atoms with van der Waals surface area (Å²) in [4.78, 5) is 0. The van der Waals surface area contributed by atoms with Crippen LogP contribution in [0.1, 0.15) is 50.2 Å². The Bertz CT molecular complexity index is 358. The Hall–Kier alpha value is -0.900. The SMILES string of the molecule is CCCCCCc1ccc(CCC(N)(CO)CO)cc1. The number of hydrogen-bond donors (Lipinski definition) is 3. The minimum atomic E-state index is -0.862. The van der Waals surface area contributed by atoms with Crippen molar-refractivity contribution in [2.75, 3.05) is 13.2 Å². The Balaban J connectivity index is 2.38. The maximum atomic E-state index is 9.16. The molecule has 3 heteroatoms. The number of aliphatic hydroxyl groups is 2. The van der Waals surface area contributed by atoms with Crippen molar-refractivity contribution in [3.8, 4) is 0 Å². The van der Waals surface area contributed by atoms with E-state index in [9.17, 15) is 0 Å². The molecular formula is C17H29NO2. The van der Waals surface area contributed by atoms with Crippen LogP contribution >= 0.6 is 0 Å². The van der Waals surface area contributed by atoms with Gasteiger partial charge in [0.2, 0.25) is 0 Å². The molecule has 3 nitrogen and oxygen atoms in total. The van der Waals surface area contributed by atoms with Crippen LogP contribution in [-0.4, -0.2) is 29.0 Å². The van der Waals surface area contributed by atoms with E-state index in [1.165, 1.54) is 36.8 Å². The first-order valence-corrected chi connectivity index (χ1v) is 7.72. The summed E-state index contributed by atoms with van der Waals surface area (Å²) in [7, 11) is 0. The lowest BCUT2D eigenvalue weighted by Gasteiger charge is -2.24. The zero-order valence-corrected chi connectivity index (χ0v) is 12.6. The molecule has 0 fully saturated rings. The monoisotopic (exact) mass is 279 g/mol. The van der Waals surface area contributed by atoms with E-state index in [-0.39, 0.29) is 13.2 Å². The topological polar surface area (TPSA) is 66.5 Å². The Labute approximate surface area is 122 Å². The van der Waals surface area contributed by atoms with E-state index in [0.29, 0.717) is 6.42 Å². The molecule has 0 spiro atoms. The van der Waals surface area contributed by atoms with E-state index in [4.69, 9.17) is 15.9 Å². The highest BCUT2D eigenvalue weighted by Crippen LogP contribution is 2.14. The van der Waals surface area contributed by atoms with Gasteiger partial charge in [0.25, 0.3) is 0 Å². The molecule has 0 bridgehead atoms. The van der Waals surface area contributed by atoms with Gasteiger partial charge in [0.15, 0.2) is 0 Å². The van der Waals surface area contributed by atoms with Crippen molar-refractivity contribution < 1.29 is 10.2 Å². The fraction of sp³-hybridized carbons (Fsp3) is 0.647. The normalized spacial score (nSPS) is 11.8. The van der Waals surface area contributed by atoms with Crippen molar-refractivity contribution in [1.82, 2.24) is 0 Å². The Morgan fingerprint density at radius 3 is 1.95 bits per heavy atom. The van der Waals surface area contributed by atoms with Crippen molar-refractivity contribution in [1.29, 1.82) is 0 Å². The number of hydrogen-bond acceptors (Lipinski definition) is 3. The molecule has 0 amide bonds. The van der Waals surface area contributed by atoms with E-state index in [0.717, 1.165) is 12.8 Å². The van der Waals surface area contributed by atoms with Gasteiger partial charge in [-0.2, -0.15) is 0 Å². The summed E-state index contributed by atoms with van der Waals surface area (Å²) in [5.74, 6) is 0. The van der Waals surface area contributed by atoms with Gasteiger partial charge in [-0.25, -0.2) is 0 Å². The molecule has 0 aliphatic carbocycles. The van der Waals surface area contributed by atoms with Gasteiger partial charge >= 0.3 is 0 Å². The highest BCUT2D eigenvalue weighted by Gasteiger charge is 2.22. The second-order valence-corrected chi connectivity index (χ2v) is 5.81. The third-order valence-corrected chi connectivity index (χ3v) is 3.88. The van der Waals surface area contributed by atoms with Crippen molar-refractivity contribution in [2.45, 2.75) is 57.4 Å². The molecule has 0 radical (unpaired) electrons. The fourth-order valence-corrected chi connectivity index (χ4v) is 2.23. The smallest absolute Gasteiger partial charge is 0.0633 e. The van der Waals surface area contributed by atoms with Gasteiger partial charge < -0.3 is 15.9 Å². The molecule has 114 valence electrons. The summed E-state index contributed by atoms with van der Waals surface area (Å²) in [6.07, 6.45) is 7.68. The molecule has 0 atom stereocenters. The molecule has 0 aliphatic rings. The molecule has 20 heavy (non-hydrogen) atoms. The number of rotatable bonds is 10. The van der Waals surface area contributed by atoms with Gasteiger partial charge in [0, 0.05) is 0 Å². The third-order valence-electron chi connectivity index (χ3n) is 3.88. The van der Waals surface area contributed by atoms with Crippen molar-refractivity contribution in [3.63, 3.8) is 0 Å². The van der Waals surface area contributed by atoms with Crippen LogP contribution in [0.2, 0.25) is 0 Å². The zero-order valence-electron chi connectivity index (χ0n) is 12.6. The van der Waals surface area contributed by atoms with Crippen molar-refractivity contribution in [3.05, 3.63) is 35.4 Å². The second-order valence-electron chi connectivity index (χ2n) is 5.81. The minimum absolute atomic E-state index is 0.182. The summed E-state index contributed by atoms with van der Waals surface area (Å²) in [5.41, 5.74) is 7.60. The van der Waals surface area contributed by atoms with E-state index >= 15 is 0 Å². The molecule has 0 saturated heterocycles. The largest absolute Gasteiger partial charge is 0.394 e. The zero-order chi connectivity index (χ0) is 14.8. The van der Waals surface area contributed by atoms with Crippen LogP contribution in [0, 0.1) is 0 Å². The third kappa shape index (κ3) is 6.04. The van der Waals surface area contributed by atoms with Gasteiger partial charge in [-0.05, 0) is 36.8 Å². The molecule has 0 aliphatic heterocycles. The van der Waals surface area contributed by atoms with E-state index in [1.54, 1.807) is 0 Å². The maximum absolute atomic E-state index is 9.16. The van der Waals surface area contributed by atoms with Gasteiger partial charge in [0.05, 0.1) is 18.8 Å². The predicted octanol–water partition coefficient (Wildman–Crippen LogP) is 2.42. The van der Waals surface area contributed by atoms with E-state index in [1.807, 2.05) is 0 Å². The quantitative estimate of drug-likeness (QED) is 0.576. The van der Waals surface area contributed by atoms with Gasteiger partial charge in [-0.3, -0.25) is 0 Å². The van der Waals surface area contributed by atoms with Crippen molar-refractivity contribution in [2.24, 2.45) is 5.73 Å². The molecule has 1 aromatic rings. The molecular weight excluding hydrogens is 250 g/mol. The molecule has 0 heterocycles. The maximum Gasteiger partial charge on any atom is 0.0633 e. The van der Waals surface area contributed by atoms with Gasteiger partial charge in [-0.1, -0.05) is 50.5 Å². The number of unbranched alkanes of at least 4 members (excludes halogenated alkanes) is 3. The molecule has 1 rings (SSSR count). The van der Waals surface area contributed by atoms with E-state index < -0.39 is 5.54 Å². The molecule has 1 aromatic carbocycles. The van der Waals surface area contributed by atoms with Crippen LogP contribution < -0.4 is 5.73 Å². The lowest BCUT2D eigenvalue weighted by Crippen LogP contribution is -2.47. The first kappa shape index (κ1) is 17.2. The standard InChI is InChI=1S/C17H29NO2/c1-2-3-4-5-6-15-7-9-16(10-8-15)11-12-17(18,13-19)14-20/h7-10,19-20H,2-6,11-14,18H2,1H3. The summed E-state index contributed by atoms with van der Waals surface area (Å²) in [6, 6.07) is 8.61. The number of nitrogens with two attached hydrogens (primary N) is 1. The van der Waals surface area contributed by atoms with Crippen LogP contribution in [0.4, 0.5) is 0 Å². The average Bonchev–Trinajstić information content (AvgIpc) is 2.50. The Kier molecular flexibility index (Phi) is 7.82. The molecule has 4 N–H and O–H groups in total. The van der Waals surface area contributed by atoms with Crippen LogP contribution in [0.25, 0.3) is 0 Å². The first-order valence-electron chi connectivity index (χ1n) is 7.72. The summed E-state index contributed by atoms with van der Waals surface area (Å²) in [6.45, 7) is 1.86. The van der Waals surface area contributed by atoms with Crippen LogP contribution in [0.3, 0.4) is 0 Å². The number of benzene rings is 1. The minimum Gasteiger partial charge on any atom is -0.394 e. The van der Waals surface area contributed by atoms with Crippen molar-refractivity contribution >= 4 is 0 Å². The molecule has 0 saturated carbocycles. The van der Waals surface area contributed by atoms with Crippen LogP contribution in [-0.2, 0) is 12.8 Å². The highest BCUT2D eigenvalue weighted by atomic mass is 16.3. The Morgan fingerprint density at radius 1 is 0.900 bits per heavy atom. The second kappa shape index (κ2) is 9.11. The van der Waals surface area contributed by atoms with Gasteiger partial charge in [0.1, 0.15) is 0 Å². The predicted molar refractivity (Wildman–Crippen MR) is 83.7 cm³/mol. The van der Waals surface area contributed by atoms with Crippen LogP contribution in [0.15, 0.2) is 24.3 Å². The number of aliphatic hydroxyl groups excluding tert-OH is 2. The first-order chi connectivity index (χ1) is 9.63. The molecule has 0 aromatic heterocycles.